The standard InChI is InChI=1S/C12H24N2/c1-12(2)6-8-14(10-12)9-11-5-3-4-7-13-11/h11,13H,3-10H2,1-2H3. The molecule has 2 aliphatic heterocycles. The van der Waals surface area contributed by atoms with E-state index in [-0.39, 0.29) is 0 Å². The highest BCUT2D eigenvalue weighted by Gasteiger charge is 2.30. The summed E-state index contributed by atoms with van der Waals surface area (Å²) < 4.78 is 0. The van der Waals surface area contributed by atoms with Crippen molar-refractivity contribution < 1.29 is 0 Å². The van der Waals surface area contributed by atoms with Gasteiger partial charge in [-0.2, -0.15) is 0 Å². The maximum atomic E-state index is 3.63. The van der Waals surface area contributed by atoms with Crippen LogP contribution in [0.25, 0.3) is 0 Å². The molecular weight excluding hydrogens is 172 g/mol. The average Bonchev–Trinajstić information content (AvgIpc) is 2.47. The lowest BCUT2D eigenvalue weighted by Gasteiger charge is -2.28. The Balaban J connectivity index is 1.75. The zero-order valence-electron chi connectivity index (χ0n) is 9.68. The van der Waals surface area contributed by atoms with Crippen LogP contribution in [0.1, 0.15) is 39.5 Å². The summed E-state index contributed by atoms with van der Waals surface area (Å²) in [5.41, 5.74) is 0.564. The van der Waals surface area contributed by atoms with Gasteiger partial charge in [-0.15, -0.1) is 0 Å². The normalized spacial score (nSPS) is 33.4. The summed E-state index contributed by atoms with van der Waals surface area (Å²) in [6.45, 7) is 9.91. The predicted molar refractivity (Wildman–Crippen MR) is 60.5 cm³/mol. The fourth-order valence-corrected chi connectivity index (χ4v) is 2.77. The lowest BCUT2D eigenvalue weighted by Crippen LogP contribution is -2.43. The first-order valence-corrected chi connectivity index (χ1v) is 6.11. The molecule has 0 saturated carbocycles. The molecule has 2 nitrogen and oxygen atoms in total. The SMILES string of the molecule is CC1(C)CCN(CC2CCCCN2)C1. The number of nitrogens with zero attached hydrogens (tertiary/aromatic N) is 1. The number of rotatable bonds is 2. The first kappa shape index (κ1) is 10.4. The third-order valence-corrected chi connectivity index (χ3v) is 3.65. The van der Waals surface area contributed by atoms with Crippen molar-refractivity contribution in [1.82, 2.24) is 10.2 Å². The van der Waals surface area contributed by atoms with Crippen molar-refractivity contribution in [3.8, 4) is 0 Å². The fraction of sp³-hybridized carbons (Fsp3) is 1.00. The van der Waals surface area contributed by atoms with Gasteiger partial charge in [-0.3, -0.25) is 0 Å². The number of nitrogens with one attached hydrogen (secondary N) is 1. The van der Waals surface area contributed by atoms with Crippen molar-refractivity contribution in [3.05, 3.63) is 0 Å². The Kier molecular flexibility index (Phi) is 3.13. The Morgan fingerprint density at radius 1 is 1.36 bits per heavy atom. The quantitative estimate of drug-likeness (QED) is 0.725. The van der Waals surface area contributed by atoms with Gasteiger partial charge in [-0.05, 0) is 37.8 Å². The van der Waals surface area contributed by atoms with Crippen LogP contribution in [0.5, 0.6) is 0 Å². The monoisotopic (exact) mass is 196 g/mol. The molecule has 1 unspecified atom stereocenters. The summed E-state index contributed by atoms with van der Waals surface area (Å²) in [5, 5.41) is 3.63. The Bertz CT molecular complexity index is 183. The predicted octanol–water partition coefficient (Wildman–Crippen LogP) is 1.86. The molecule has 0 spiro atoms. The average molecular weight is 196 g/mol. The number of likely N-dealkylation sites (tertiary alicyclic amines) is 1. The molecule has 0 radical (unpaired) electrons. The minimum Gasteiger partial charge on any atom is -0.313 e. The smallest absolute Gasteiger partial charge is 0.0195 e. The summed E-state index contributed by atoms with van der Waals surface area (Å²) in [5.74, 6) is 0. The zero-order valence-corrected chi connectivity index (χ0v) is 9.68. The van der Waals surface area contributed by atoms with Gasteiger partial charge < -0.3 is 10.2 Å². The number of hydrogen-bond acceptors (Lipinski definition) is 2. The Morgan fingerprint density at radius 3 is 2.79 bits per heavy atom. The van der Waals surface area contributed by atoms with Gasteiger partial charge in [-0.25, -0.2) is 0 Å². The Morgan fingerprint density at radius 2 is 2.21 bits per heavy atom. The van der Waals surface area contributed by atoms with Gasteiger partial charge in [0, 0.05) is 19.1 Å². The maximum absolute atomic E-state index is 3.63. The molecule has 1 atom stereocenters. The van der Waals surface area contributed by atoms with Crippen LogP contribution in [0.4, 0.5) is 0 Å². The third-order valence-electron chi connectivity index (χ3n) is 3.65. The van der Waals surface area contributed by atoms with Crippen LogP contribution < -0.4 is 5.32 Å². The molecule has 0 aromatic rings. The number of hydrogen-bond donors (Lipinski definition) is 1. The summed E-state index contributed by atoms with van der Waals surface area (Å²) in [7, 11) is 0. The van der Waals surface area contributed by atoms with Crippen LogP contribution in [0.3, 0.4) is 0 Å². The molecule has 1 N–H and O–H groups in total. The van der Waals surface area contributed by atoms with E-state index in [1.807, 2.05) is 0 Å². The fourth-order valence-electron chi connectivity index (χ4n) is 2.77. The molecule has 14 heavy (non-hydrogen) atoms. The Labute approximate surface area is 88.1 Å². The largest absolute Gasteiger partial charge is 0.313 e. The van der Waals surface area contributed by atoms with Gasteiger partial charge in [0.15, 0.2) is 0 Å². The zero-order chi connectivity index (χ0) is 10.0. The van der Waals surface area contributed by atoms with Gasteiger partial charge >= 0.3 is 0 Å². The van der Waals surface area contributed by atoms with Crippen molar-refractivity contribution in [1.29, 1.82) is 0 Å². The van der Waals surface area contributed by atoms with Crippen LogP contribution in [-0.4, -0.2) is 37.1 Å². The van der Waals surface area contributed by atoms with Crippen LogP contribution in [-0.2, 0) is 0 Å². The lowest BCUT2D eigenvalue weighted by molar-refractivity contribution is 0.241. The molecule has 0 aromatic heterocycles. The van der Waals surface area contributed by atoms with Gasteiger partial charge in [0.2, 0.25) is 0 Å². The van der Waals surface area contributed by atoms with E-state index in [2.05, 4.69) is 24.1 Å². The highest BCUT2D eigenvalue weighted by molar-refractivity contribution is 4.85. The summed E-state index contributed by atoms with van der Waals surface area (Å²) in [4.78, 5) is 2.64. The second-order valence-electron chi connectivity index (χ2n) is 5.80. The van der Waals surface area contributed by atoms with Gasteiger partial charge in [0.05, 0.1) is 0 Å². The molecule has 2 heterocycles. The molecule has 2 saturated heterocycles. The molecule has 0 bridgehead atoms. The molecule has 2 aliphatic rings. The van der Waals surface area contributed by atoms with E-state index in [9.17, 15) is 0 Å². The molecule has 0 amide bonds. The molecule has 2 fully saturated rings. The van der Waals surface area contributed by atoms with Gasteiger partial charge in [0.1, 0.15) is 0 Å². The molecule has 2 rings (SSSR count). The second kappa shape index (κ2) is 4.19. The van der Waals surface area contributed by atoms with Crippen molar-refractivity contribution in [3.63, 3.8) is 0 Å². The van der Waals surface area contributed by atoms with E-state index in [0.717, 1.165) is 6.04 Å². The lowest BCUT2D eigenvalue weighted by atomic mass is 9.93. The van der Waals surface area contributed by atoms with Crippen molar-refractivity contribution in [2.45, 2.75) is 45.6 Å². The Hall–Kier alpha value is -0.0800. The first-order chi connectivity index (χ1) is 6.66. The van der Waals surface area contributed by atoms with Crippen molar-refractivity contribution in [2.24, 2.45) is 5.41 Å². The van der Waals surface area contributed by atoms with Gasteiger partial charge in [0.25, 0.3) is 0 Å². The molecule has 0 aliphatic carbocycles. The van der Waals surface area contributed by atoms with Crippen molar-refractivity contribution in [2.75, 3.05) is 26.2 Å². The van der Waals surface area contributed by atoms with E-state index in [4.69, 9.17) is 0 Å². The minimum atomic E-state index is 0.564. The second-order valence-corrected chi connectivity index (χ2v) is 5.80. The first-order valence-electron chi connectivity index (χ1n) is 6.11. The molecule has 0 aromatic carbocycles. The molecule has 2 heteroatoms. The van der Waals surface area contributed by atoms with E-state index < -0.39 is 0 Å². The maximum Gasteiger partial charge on any atom is 0.0195 e. The topological polar surface area (TPSA) is 15.3 Å². The van der Waals surface area contributed by atoms with Crippen LogP contribution in [0.2, 0.25) is 0 Å². The summed E-state index contributed by atoms with van der Waals surface area (Å²) >= 11 is 0. The van der Waals surface area contributed by atoms with Gasteiger partial charge in [-0.1, -0.05) is 20.3 Å². The van der Waals surface area contributed by atoms with Crippen molar-refractivity contribution >= 4 is 0 Å². The summed E-state index contributed by atoms with van der Waals surface area (Å²) in [6, 6.07) is 0.776. The van der Waals surface area contributed by atoms with E-state index >= 15 is 0 Å². The van der Waals surface area contributed by atoms with E-state index in [0.29, 0.717) is 5.41 Å². The highest BCUT2D eigenvalue weighted by Crippen LogP contribution is 2.29. The minimum absolute atomic E-state index is 0.564. The third kappa shape index (κ3) is 2.71. The molecular formula is C12H24N2. The van der Waals surface area contributed by atoms with Crippen LogP contribution in [0.15, 0.2) is 0 Å². The van der Waals surface area contributed by atoms with E-state index in [1.54, 1.807) is 0 Å². The summed E-state index contributed by atoms with van der Waals surface area (Å²) in [6.07, 6.45) is 5.56. The number of piperidine rings is 1. The molecule has 82 valence electrons. The van der Waals surface area contributed by atoms with Crippen LogP contribution >= 0.6 is 0 Å². The van der Waals surface area contributed by atoms with E-state index in [1.165, 1.54) is 51.9 Å². The highest BCUT2D eigenvalue weighted by atomic mass is 15.2. The van der Waals surface area contributed by atoms with Crippen LogP contribution in [0, 0.1) is 5.41 Å².